The summed E-state index contributed by atoms with van der Waals surface area (Å²) >= 11 is 0. The van der Waals surface area contributed by atoms with E-state index in [0.717, 1.165) is 17.5 Å². The molecule has 2 aliphatic carbocycles. The van der Waals surface area contributed by atoms with Crippen LogP contribution in [-0.4, -0.2) is 12.1 Å². The van der Waals surface area contributed by atoms with Gasteiger partial charge in [0.05, 0.1) is 17.8 Å². The van der Waals surface area contributed by atoms with E-state index in [1.807, 2.05) is 42.5 Å². The van der Waals surface area contributed by atoms with Gasteiger partial charge < -0.3 is 4.74 Å². The van der Waals surface area contributed by atoms with Gasteiger partial charge in [0.25, 0.3) is 0 Å². The second-order valence-corrected chi connectivity index (χ2v) is 8.20. The first kappa shape index (κ1) is 19.2. The van der Waals surface area contributed by atoms with Gasteiger partial charge in [-0.3, -0.25) is 4.79 Å². The average Bonchev–Trinajstić information content (AvgIpc) is 3.39. The molecule has 0 aromatic heterocycles. The highest BCUT2D eigenvalue weighted by Crippen LogP contribution is 2.66. The minimum atomic E-state index is 0.0479. The summed E-state index contributed by atoms with van der Waals surface area (Å²) in [6, 6.07) is 17.1. The molecule has 29 heavy (non-hydrogen) atoms. The summed E-state index contributed by atoms with van der Waals surface area (Å²) in [5, 5.41) is 13.3. The summed E-state index contributed by atoms with van der Waals surface area (Å²) in [6.45, 7) is 2.58. The van der Waals surface area contributed by atoms with Gasteiger partial charge in [-0.1, -0.05) is 38.0 Å². The van der Waals surface area contributed by atoms with Crippen LogP contribution in [-0.2, 0) is 11.4 Å². The highest BCUT2D eigenvalue weighted by atomic mass is 16.5. The van der Waals surface area contributed by atoms with E-state index in [1.54, 1.807) is 12.3 Å². The monoisotopic (exact) mass is 387 g/mol. The lowest BCUT2D eigenvalue weighted by Crippen LogP contribution is -2.22. The molecule has 1 N–H and O–H groups in total. The summed E-state index contributed by atoms with van der Waals surface area (Å²) in [7, 11) is 0. The van der Waals surface area contributed by atoms with E-state index in [0.29, 0.717) is 23.8 Å². The van der Waals surface area contributed by atoms with Crippen LogP contribution < -0.4 is 10.2 Å². The molecule has 0 aliphatic heterocycles. The van der Waals surface area contributed by atoms with Gasteiger partial charge in [0.2, 0.25) is 5.91 Å². The van der Waals surface area contributed by atoms with Crippen LogP contribution in [0.2, 0.25) is 0 Å². The normalized spacial score (nSPS) is 25.1. The number of ether oxygens (including phenoxy) is 1. The quantitative estimate of drug-likeness (QED) is 0.589. The Morgan fingerprint density at radius 1 is 1.28 bits per heavy atom. The zero-order valence-corrected chi connectivity index (χ0v) is 16.6. The maximum absolute atomic E-state index is 12.4. The van der Waals surface area contributed by atoms with Crippen molar-refractivity contribution in [3.8, 4) is 11.8 Å². The molecule has 2 aromatic rings. The maximum Gasteiger partial charge on any atom is 0.244 e. The molecule has 2 aromatic carbocycles. The van der Waals surface area contributed by atoms with Gasteiger partial charge in [-0.05, 0) is 60.1 Å². The zero-order chi connectivity index (χ0) is 20.3. The third kappa shape index (κ3) is 4.02. The van der Waals surface area contributed by atoms with Crippen LogP contribution in [0.5, 0.6) is 5.75 Å². The number of hydrazone groups is 1. The fraction of sp³-hybridized carbons (Fsp3) is 0.375. The van der Waals surface area contributed by atoms with Gasteiger partial charge in [0.1, 0.15) is 12.4 Å². The Hall–Kier alpha value is -3.13. The molecule has 0 radical (unpaired) electrons. The number of fused-ring (bicyclic) bond motifs is 1. The third-order valence-corrected chi connectivity index (χ3v) is 6.41. The Bertz CT molecular complexity index is 961. The van der Waals surface area contributed by atoms with E-state index < -0.39 is 0 Å². The van der Waals surface area contributed by atoms with Gasteiger partial charge in [-0.2, -0.15) is 10.4 Å². The van der Waals surface area contributed by atoms with Crippen molar-refractivity contribution in [3.63, 3.8) is 0 Å². The number of nitrogens with zero attached hydrogens (tertiary/aromatic N) is 2. The number of amides is 1. The largest absolute Gasteiger partial charge is 0.489 e. The minimum absolute atomic E-state index is 0.0479. The number of nitrogens with one attached hydrogen (secondary N) is 1. The van der Waals surface area contributed by atoms with E-state index >= 15 is 0 Å². The molecule has 2 fully saturated rings. The molecule has 0 heterocycles. The van der Waals surface area contributed by atoms with Crippen molar-refractivity contribution in [2.45, 2.75) is 39.2 Å². The summed E-state index contributed by atoms with van der Waals surface area (Å²) < 4.78 is 5.77. The lowest BCUT2D eigenvalue weighted by Gasteiger charge is -2.15. The molecule has 5 nitrogen and oxygen atoms in total. The molecule has 0 bridgehead atoms. The lowest BCUT2D eigenvalue weighted by molar-refractivity contribution is -0.123. The Kier molecular flexibility index (Phi) is 5.35. The van der Waals surface area contributed by atoms with Crippen molar-refractivity contribution >= 4 is 12.1 Å². The standard InChI is InChI=1S/C24H25N3O2/c1-24-13-5-4-8-21(24)22(24)23(28)27-26-15-17-9-11-20(12-10-17)29-16-19-7-3-2-6-18(19)14-25/h2-3,6-7,9-12,15,21-22H,4-5,8,13,16H2,1H3,(H,27,28)/b26-15-/t21-,22+,24+/m1/s1. The van der Waals surface area contributed by atoms with Gasteiger partial charge >= 0.3 is 0 Å². The van der Waals surface area contributed by atoms with E-state index in [1.165, 1.54) is 19.3 Å². The highest BCUT2D eigenvalue weighted by Gasteiger charge is 2.64. The smallest absolute Gasteiger partial charge is 0.244 e. The Balaban J connectivity index is 1.28. The van der Waals surface area contributed by atoms with Crippen molar-refractivity contribution in [1.29, 1.82) is 5.26 Å². The van der Waals surface area contributed by atoms with Gasteiger partial charge in [0.15, 0.2) is 0 Å². The highest BCUT2D eigenvalue weighted by molar-refractivity contribution is 5.85. The van der Waals surface area contributed by atoms with Gasteiger partial charge in [-0.15, -0.1) is 0 Å². The van der Waals surface area contributed by atoms with Crippen LogP contribution in [0.1, 0.15) is 49.3 Å². The van der Waals surface area contributed by atoms with Crippen LogP contribution in [0.25, 0.3) is 0 Å². The topological polar surface area (TPSA) is 74.5 Å². The van der Waals surface area contributed by atoms with Gasteiger partial charge in [0, 0.05) is 11.5 Å². The van der Waals surface area contributed by atoms with E-state index in [9.17, 15) is 4.79 Å². The number of benzene rings is 2. The second-order valence-electron chi connectivity index (χ2n) is 8.20. The van der Waals surface area contributed by atoms with Crippen LogP contribution in [0.3, 0.4) is 0 Å². The van der Waals surface area contributed by atoms with Crippen molar-refractivity contribution in [2.75, 3.05) is 0 Å². The molecule has 2 saturated carbocycles. The predicted octanol–water partition coefficient (Wildman–Crippen LogP) is 4.41. The molecular weight excluding hydrogens is 362 g/mol. The first-order valence-corrected chi connectivity index (χ1v) is 10.2. The number of nitriles is 1. The van der Waals surface area contributed by atoms with Crippen LogP contribution in [0.4, 0.5) is 0 Å². The zero-order valence-electron chi connectivity index (χ0n) is 16.6. The average molecular weight is 387 g/mol. The predicted molar refractivity (Wildman–Crippen MR) is 111 cm³/mol. The van der Waals surface area contributed by atoms with Crippen molar-refractivity contribution < 1.29 is 9.53 Å². The minimum Gasteiger partial charge on any atom is -0.489 e. The Morgan fingerprint density at radius 2 is 2.07 bits per heavy atom. The molecule has 5 heteroatoms. The van der Waals surface area contributed by atoms with Crippen LogP contribution >= 0.6 is 0 Å². The summed E-state index contributed by atoms with van der Waals surface area (Å²) in [4.78, 5) is 12.4. The first-order valence-electron chi connectivity index (χ1n) is 10.2. The molecule has 0 unspecified atom stereocenters. The number of hydrogen-bond acceptors (Lipinski definition) is 4. The van der Waals surface area contributed by atoms with Crippen LogP contribution in [0.15, 0.2) is 53.6 Å². The molecule has 2 aliphatic rings. The van der Waals surface area contributed by atoms with E-state index in [2.05, 4.69) is 23.5 Å². The SMILES string of the molecule is C[C@]12CCCC[C@@H]1[C@H]2C(=O)N/N=C\c1ccc(OCc2ccccc2C#N)cc1. The first-order chi connectivity index (χ1) is 14.1. The maximum atomic E-state index is 12.4. The fourth-order valence-electron chi connectivity index (χ4n) is 4.66. The molecular formula is C24H25N3O2. The number of hydrogen-bond donors (Lipinski definition) is 1. The fourth-order valence-corrected chi connectivity index (χ4v) is 4.66. The summed E-state index contributed by atoms with van der Waals surface area (Å²) in [5.74, 6) is 1.42. The number of carbonyl (C=O) groups is 1. The van der Waals surface area contributed by atoms with Crippen molar-refractivity contribution in [2.24, 2.45) is 22.4 Å². The molecule has 0 spiro atoms. The van der Waals surface area contributed by atoms with Crippen molar-refractivity contribution in [3.05, 3.63) is 65.2 Å². The molecule has 1 amide bonds. The third-order valence-electron chi connectivity index (χ3n) is 6.41. The second kappa shape index (κ2) is 8.08. The summed E-state index contributed by atoms with van der Waals surface area (Å²) in [5.41, 5.74) is 5.28. The lowest BCUT2D eigenvalue weighted by atomic mass is 9.90. The van der Waals surface area contributed by atoms with Crippen molar-refractivity contribution in [1.82, 2.24) is 5.43 Å². The Morgan fingerprint density at radius 3 is 2.79 bits per heavy atom. The molecule has 4 rings (SSSR count). The molecule has 148 valence electrons. The molecule has 0 saturated heterocycles. The number of carbonyl (C=O) groups excluding carboxylic acids is 1. The summed E-state index contributed by atoms with van der Waals surface area (Å²) in [6.07, 6.45) is 6.44. The van der Waals surface area contributed by atoms with Gasteiger partial charge in [-0.25, -0.2) is 5.43 Å². The Labute approximate surface area is 171 Å². The van der Waals surface area contributed by atoms with Crippen LogP contribution in [0, 0.1) is 28.6 Å². The molecule has 3 atom stereocenters. The van der Waals surface area contributed by atoms with E-state index in [-0.39, 0.29) is 17.2 Å². The number of rotatable bonds is 6. The van der Waals surface area contributed by atoms with E-state index in [4.69, 9.17) is 10.00 Å².